The second kappa shape index (κ2) is 9.38. The average Bonchev–Trinajstić information content (AvgIpc) is 3.11. The Morgan fingerprint density at radius 1 is 1.10 bits per heavy atom. The molecule has 8 heteroatoms. The lowest BCUT2D eigenvalue weighted by molar-refractivity contribution is -0.120. The predicted molar refractivity (Wildman–Crippen MR) is 108 cm³/mol. The second-order valence-corrected chi connectivity index (χ2v) is 7.59. The Morgan fingerprint density at radius 3 is 2.55 bits per heavy atom. The van der Waals surface area contributed by atoms with Gasteiger partial charge in [0.1, 0.15) is 0 Å². The van der Waals surface area contributed by atoms with E-state index < -0.39 is 17.7 Å². The van der Waals surface area contributed by atoms with Gasteiger partial charge in [0, 0.05) is 24.4 Å². The number of hydrogen-bond acceptors (Lipinski definition) is 4. The minimum absolute atomic E-state index is 0.0572. The van der Waals surface area contributed by atoms with Crippen LogP contribution in [0.3, 0.4) is 0 Å². The number of halogens is 2. The Kier molecular flexibility index (Phi) is 6.66. The largest absolute Gasteiger partial charge is 0.349 e. The van der Waals surface area contributed by atoms with Crippen molar-refractivity contribution in [3.63, 3.8) is 0 Å². The monoisotopic (exact) mass is 415 g/mol. The highest BCUT2D eigenvalue weighted by Gasteiger charge is 2.18. The number of thiazole rings is 1. The van der Waals surface area contributed by atoms with Crippen LogP contribution < -0.4 is 10.6 Å². The Labute approximate surface area is 170 Å². The van der Waals surface area contributed by atoms with Gasteiger partial charge in [0.25, 0.3) is 0 Å². The van der Waals surface area contributed by atoms with Crippen LogP contribution in [0.1, 0.15) is 35.4 Å². The molecule has 3 rings (SSSR count). The number of carbonyl (C=O) groups is 2. The lowest BCUT2D eigenvalue weighted by atomic mass is 10.0. The lowest BCUT2D eigenvalue weighted by Crippen LogP contribution is -2.29. The van der Waals surface area contributed by atoms with Gasteiger partial charge in [-0.3, -0.25) is 9.59 Å². The van der Waals surface area contributed by atoms with E-state index in [4.69, 9.17) is 0 Å². The van der Waals surface area contributed by atoms with Gasteiger partial charge in [-0.1, -0.05) is 36.4 Å². The Balaban J connectivity index is 1.62. The van der Waals surface area contributed by atoms with Gasteiger partial charge in [-0.05, 0) is 23.3 Å². The molecule has 0 fully saturated rings. The molecule has 0 aliphatic carbocycles. The third-order valence-corrected chi connectivity index (χ3v) is 5.04. The molecule has 29 heavy (non-hydrogen) atoms. The minimum Gasteiger partial charge on any atom is -0.349 e. The smallest absolute Gasteiger partial charge is 0.228 e. The zero-order chi connectivity index (χ0) is 20.8. The van der Waals surface area contributed by atoms with E-state index in [1.165, 1.54) is 24.3 Å². The van der Waals surface area contributed by atoms with E-state index in [9.17, 15) is 18.4 Å². The maximum absolute atomic E-state index is 13.3. The molecule has 150 valence electrons. The van der Waals surface area contributed by atoms with Crippen LogP contribution in [0, 0.1) is 11.6 Å². The van der Waals surface area contributed by atoms with Crippen molar-refractivity contribution in [3.05, 3.63) is 82.4 Å². The zero-order valence-corrected chi connectivity index (χ0v) is 16.4. The van der Waals surface area contributed by atoms with Crippen LogP contribution in [-0.4, -0.2) is 16.8 Å². The molecule has 0 unspecified atom stereocenters. The molecule has 0 aliphatic rings. The van der Waals surface area contributed by atoms with Crippen LogP contribution in [0.25, 0.3) is 0 Å². The summed E-state index contributed by atoms with van der Waals surface area (Å²) >= 11 is 1.26. The van der Waals surface area contributed by atoms with Gasteiger partial charge < -0.3 is 10.6 Å². The Bertz CT molecular complexity index is 1010. The van der Waals surface area contributed by atoms with Crippen LogP contribution in [0.2, 0.25) is 0 Å². The number of nitrogens with one attached hydrogen (secondary N) is 2. The van der Waals surface area contributed by atoms with Crippen molar-refractivity contribution in [2.45, 2.75) is 25.8 Å². The average molecular weight is 415 g/mol. The van der Waals surface area contributed by atoms with Gasteiger partial charge in [0.05, 0.1) is 12.5 Å². The quantitative estimate of drug-likeness (QED) is 0.607. The topological polar surface area (TPSA) is 71.1 Å². The highest BCUT2D eigenvalue weighted by Crippen LogP contribution is 2.23. The normalized spacial score (nSPS) is 11.7. The van der Waals surface area contributed by atoms with Crippen molar-refractivity contribution in [2.75, 3.05) is 5.32 Å². The van der Waals surface area contributed by atoms with Gasteiger partial charge in [-0.15, -0.1) is 11.3 Å². The van der Waals surface area contributed by atoms with Crippen molar-refractivity contribution in [3.8, 4) is 0 Å². The number of carbonyl (C=O) groups excluding carboxylic acids is 2. The van der Waals surface area contributed by atoms with E-state index in [1.807, 2.05) is 30.3 Å². The van der Waals surface area contributed by atoms with Crippen LogP contribution in [-0.2, 0) is 16.0 Å². The molecule has 0 radical (unpaired) electrons. The van der Waals surface area contributed by atoms with E-state index >= 15 is 0 Å². The highest BCUT2D eigenvalue weighted by molar-refractivity contribution is 7.15. The van der Waals surface area contributed by atoms with E-state index in [2.05, 4.69) is 15.6 Å². The molecule has 1 aromatic heterocycles. The third-order valence-electron chi connectivity index (χ3n) is 4.13. The van der Waals surface area contributed by atoms with E-state index in [1.54, 1.807) is 6.20 Å². The van der Waals surface area contributed by atoms with E-state index in [-0.39, 0.29) is 18.2 Å². The summed E-state index contributed by atoms with van der Waals surface area (Å²) in [5, 5.41) is 5.91. The van der Waals surface area contributed by atoms with Gasteiger partial charge >= 0.3 is 0 Å². The lowest BCUT2D eigenvalue weighted by Gasteiger charge is -2.17. The number of nitrogens with zero attached hydrogens (tertiary/aromatic N) is 1. The first kappa shape index (κ1) is 20.6. The maximum Gasteiger partial charge on any atom is 0.228 e. The Hall–Kier alpha value is -3.13. The molecule has 1 heterocycles. The van der Waals surface area contributed by atoms with Gasteiger partial charge in [-0.25, -0.2) is 13.8 Å². The first-order valence-electron chi connectivity index (χ1n) is 8.91. The molecule has 0 saturated carbocycles. The van der Waals surface area contributed by atoms with Crippen LogP contribution >= 0.6 is 11.3 Å². The SMILES string of the molecule is CC(=O)N[C@@H](CC(=O)Nc1ncc(Cc2ccc(F)c(F)c2)s1)c1ccccc1. The summed E-state index contributed by atoms with van der Waals surface area (Å²) in [6.07, 6.45) is 2.02. The molecular weight excluding hydrogens is 396 g/mol. The molecular formula is C21H19F2N3O2S. The van der Waals surface area contributed by atoms with Crippen LogP contribution in [0.4, 0.5) is 13.9 Å². The third kappa shape index (κ3) is 5.92. The fraction of sp³-hybridized carbons (Fsp3) is 0.190. The summed E-state index contributed by atoms with van der Waals surface area (Å²) in [6.45, 7) is 1.40. The van der Waals surface area contributed by atoms with Crippen molar-refractivity contribution < 1.29 is 18.4 Å². The standard InChI is InChI=1S/C21H19F2N3O2S/c1-13(27)25-19(15-5-3-2-4-6-15)11-20(28)26-21-24-12-16(29-21)9-14-7-8-17(22)18(23)10-14/h2-8,10,12,19H,9,11H2,1H3,(H,25,27)(H,24,26,28)/t19-/m0/s1. The summed E-state index contributed by atoms with van der Waals surface area (Å²) in [7, 11) is 0. The zero-order valence-electron chi connectivity index (χ0n) is 15.6. The summed E-state index contributed by atoms with van der Waals surface area (Å²) in [4.78, 5) is 28.9. The van der Waals surface area contributed by atoms with Gasteiger partial charge in [0.15, 0.2) is 16.8 Å². The number of amides is 2. The molecule has 5 nitrogen and oxygen atoms in total. The summed E-state index contributed by atoms with van der Waals surface area (Å²) in [5.41, 5.74) is 1.44. The van der Waals surface area contributed by atoms with Gasteiger partial charge in [0.2, 0.25) is 11.8 Å². The molecule has 0 spiro atoms. The molecule has 2 N–H and O–H groups in total. The maximum atomic E-state index is 13.3. The molecule has 2 aromatic carbocycles. The van der Waals surface area contributed by atoms with Crippen molar-refractivity contribution in [1.82, 2.24) is 10.3 Å². The fourth-order valence-corrected chi connectivity index (χ4v) is 3.70. The number of hydrogen-bond donors (Lipinski definition) is 2. The van der Waals surface area contributed by atoms with Gasteiger partial charge in [-0.2, -0.15) is 0 Å². The Morgan fingerprint density at radius 2 is 1.86 bits per heavy atom. The van der Waals surface area contributed by atoms with Crippen LogP contribution in [0.5, 0.6) is 0 Å². The number of aromatic nitrogens is 1. The predicted octanol–water partition coefficient (Wildman–Crippen LogP) is 4.22. The number of benzene rings is 2. The fourth-order valence-electron chi connectivity index (χ4n) is 2.84. The summed E-state index contributed by atoms with van der Waals surface area (Å²) in [6, 6.07) is 12.5. The van der Waals surface area contributed by atoms with E-state index in [0.717, 1.165) is 22.6 Å². The van der Waals surface area contributed by atoms with Crippen molar-refractivity contribution >= 4 is 28.3 Å². The molecule has 1 atom stereocenters. The molecule has 2 amide bonds. The highest BCUT2D eigenvalue weighted by atomic mass is 32.1. The molecule has 0 aliphatic heterocycles. The number of anilines is 1. The molecule has 0 bridgehead atoms. The van der Waals surface area contributed by atoms with Crippen molar-refractivity contribution in [1.29, 1.82) is 0 Å². The first-order chi connectivity index (χ1) is 13.9. The molecule has 3 aromatic rings. The van der Waals surface area contributed by atoms with Crippen molar-refractivity contribution in [2.24, 2.45) is 0 Å². The first-order valence-corrected chi connectivity index (χ1v) is 9.73. The molecule has 0 saturated heterocycles. The van der Waals surface area contributed by atoms with Crippen LogP contribution in [0.15, 0.2) is 54.7 Å². The summed E-state index contributed by atoms with van der Waals surface area (Å²) in [5.74, 6) is -2.31. The second-order valence-electron chi connectivity index (χ2n) is 6.47. The van der Waals surface area contributed by atoms with E-state index in [0.29, 0.717) is 17.1 Å². The summed E-state index contributed by atoms with van der Waals surface area (Å²) < 4.78 is 26.4. The number of rotatable bonds is 7. The minimum atomic E-state index is -0.898.